The molecule has 1 aromatic carbocycles. The number of nitrogens with zero attached hydrogens (tertiary/aromatic N) is 1. The Morgan fingerprint density at radius 2 is 2.23 bits per heavy atom. The van der Waals surface area contributed by atoms with Gasteiger partial charge in [0.1, 0.15) is 17.4 Å². The number of hydrogen-bond acceptors (Lipinski definition) is 2. The average Bonchev–Trinajstić information content (AvgIpc) is 2.57. The fourth-order valence-corrected chi connectivity index (χ4v) is 1.15. The van der Waals surface area contributed by atoms with Gasteiger partial charge < -0.3 is 10.1 Å². The molecule has 4 heteroatoms. The van der Waals surface area contributed by atoms with Gasteiger partial charge in [-0.05, 0) is 12.1 Å². The van der Waals surface area contributed by atoms with E-state index in [-0.39, 0.29) is 11.3 Å². The molecule has 2 N–H and O–H groups in total. The van der Waals surface area contributed by atoms with Gasteiger partial charge in [-0.15, -0.1) is 0 Å². The first-order valence-corrected chi connectivity index (χ1v) is 3.76. The van der Waals surface area contributed by atoms with E-state index < -0.39 is 5.82 Å². The first-order chi connectivity index (χ1) is 6.29. The maximum absolute atomic E-state index is 13.2. The van der Waals surface area contributed by atoms with Gasteiger partial charge in [-0.2, -0.15) is 0 Å². The number of phenols is 1. The van der Waals surface area contributed by atoms with Crippen LogP contribution in [0.5, 0.6) is 5.75 Å². The molecular weight excluding hydrogens is 171 g/mol. The summed E-state index contributed by atoms with van der Waals surface area (Å²) in [5, 5.41) is 9.36. The van der Waals surface area contributed by atoms with Crippen molar-refractivity contribution in [1.82, 2.24) is 9.97 Å². The second-order valence-corrected chi connectivity index (χ2v) is 2.57. The van der Waals surface area contributed by atoms with Gasteiger partial charge in [-0.25, -0.2) is 9.37 Å². The lowest BCUT2D eigenvalue weighted by Crippen LogP contribution is -1.86. The lowest BCUT2D eigenvalue weighted by atomic mass is 10.2. The first kappa shape index (κ1) is 7.79. The molecule has 3 nitrogen and oxygen atoms in total. The van der Waals surface area contributed by atoms with Gasteiger partial charge in [0.15, 0.2) is 0 Å². The van der Waals surface area contributed by atoms with Crippen LogP contribution in [0.3, 0.4) is 0 Å². The molecule has 0 bridgehead atoms. The highest BCUT2D eigenvalue weighted by atomic mass is 19.1. The Hall–Kier alpha value is -1.84. The highest BCUT2D eigenvalue weighted by Crippen LogP contribution is 2.28. The van der Waals surface area contributed by atoms with Crippen molar-refractivity contribution in [2.45, 2.75) is 0 Å². The van der Waals surface area contributed by atoms with E-state index in [1.807, 2.05) is 0 Å². The zero-order valence-electron chi connectivity index (χ0n) is 6.66. The number of hydrogen-bond donors (Lipinski definition) is 2. The lowest BCUT2D eigenvalue weighted by molar-refractivity contribution is 0.471. The third-order valence-corrected chi connectivity index (χ3v) is 1.73. The van der Waals surface area contributed by atoms with Crippen LogP contribution in [0, 0.1) is 5.82 Å². The summed E-state index contributed by atoms with van der Waals surface area (Å²) in [6, 6.07) is 4.13. The van der Waals surface area contributed by atoms with Gasteiger partial charge in [0.05, 0.1) is 5.56 Å². The summed E-state index contributed by atoms with van der Waals surface area (Å²) in [7, 11) is 0. The Morgan fingerprint density at radius 3 is 2.85 bits per heavy atom. The molecule has 2 aromatic rings. The van der Waals surface area contributed by atoms with Gasteiger partial charge >= 0.3 is 0 Å². The Morgan fingerprint density at radius 1 is 1.38 bits per heavy atom. The van der Waals surface area contributed by atoms with Crippen LogP contribution in [0.25, 0.3) is 11.4 Å². The lowest BCUT2D eigenvalue weighted by Gasteiger charge is -2.01. The molecule has 0 fully saturated rings. The molecule has 0 aliphatic carbocycles. The number of benzene rings is 1. The number of aromatic amines is 1. The van der Waals surface area contributed by atoms with Crippen LogP contribution in [-0.2, 0) is 0 Å². The summed E-state index contributed by atoms with van der Waals surface area (Å²) in [6.45, 7) is 0. The maximum atomic E-state index is 13.2. The summed E-state index contributed by atoms with van der Waals surface area (Å²) in [4.78, 5) is 6.58. The monoisotopic (exact) mass is 178 g/mol. The third kappa shape index (κ3) is 1.26. The highest BCUT2D eigenvalue weighted by Gasteiger charge is 2.11. The van der Waals surface area contributed by atoms with E-state index in [2.05, 4.69) is 9.97 Å². The molecule has 0 saturated carbocycles. The van der Waals surface area contributed by atoms with E-state index in [1.165, 1.54) is 24.4 Å². The summed E-state index contributed by atoms with van der Waals surface area (Å²) in [5.74, 6) is -0.277. The van der Waals surface area contributed by atoms with E-state index in [0.29, 0.717) is 5.82 Å². The Balaban J connectivity index is 2.64. The van der Waals surface area contributed by atoms with Gasteiger partial charge in [0.2, 0.25) is 0 Å². The van der Waals surface area contributed by atoms with Crippen molar-refractivity contribution >= 4 is 0 Å². The summed E-state index contributed by atoms with van der Waals surface area (Å²) in [5.41, 5.74) is 0.104. The molecule has 2 rings (SSSR count). The molecule has 0 saturated heterocycles. The second kappa shape index (κ2) is 2.90. The zero-order valence-corrected chi connectivity index (χ0v) is 6.66. The quantitative estimate of drug-likeness (QED) is 0.700. The average molecular weight is 178 g/mol. The second-order valence-electron chi connectivity index (χ2n) is 2.57. The number of nitrogens with one attached hydrogen (secondary N) is 1. The molecule has 0 radical (unpaired) electrons. The largest absolute Gasteiger partial charge is 0.507 e. The van der Waals surface area contributed by atoms with Crippen LogP contribution >= 0.6 is 0 Å². The molecule has 1 heterocycles. The first-order valence-electron chi connectivity index (χ1n) is 3.76. The minimum absolute atomic E-state index is 0.104. The van der Waals surface area contributed by atoms with E-state index in [9.17, 15) is 9.50 Å². The van der Waals surface area contributed by atoms with Gasteiger partial charge in [-0.1, -0.05) is 6.07 Å². The van der Waals surface area contributed by atoms with E-state index in [4.69, 9.17) is 0 Å². The minimum Gasteiger partial charge on any atom is -0.507 e. The molecule has 0 spiro atoms. The Kier molecular flexibility index (Phi) is 1.73. The number of imidazole rings is 1. The topological polar surface area (TPSA) is 48.9 Å². The molecule has 0 atom stereocenters. The number of phenolic OH excluding ortho intramolecular Hbond substituents is 1. The number of H-pyrrole nitrogens is 1. The zero-order chi connectivity index (χ0) is 9.26. The standard InChI is InChI=1S/C9H7FN2O/c10-6-2-1-3-7(13)8(6)9-11-4-5-12-9/h1-5,13H,(H,11,12). The molecular formula is C9H7FN2O. The van der Waals surface area contributed by atoms with Crippen molar-refractivity contribution in [2.75, 3.05) is 0 Å². The number of aromatic nitrogens is 2. The van der Waals surface area contributed by atoms with Crippen molar-refractivity contribution in [1.29, 1.82) is 0 Å². The molecule has 0 amide bonds. The summed E-state index contributed by atoms with van der Waals surface area (Å²) >= 11 is 0. The number of aromatic hydroxyl groups is 1. The van der Waals surface area contributed by atoms with Crippen LogP contribution in [0.1, 0.15) is 0 Å². The van der Waals surface area contributed by atoms with Crippen molar-refractivity contribution in [2.24, 2.45) is 0 Å². The Bertz CT molecular complexity index is 391. The summed E-state index contributed by atoms with van der Waals surface area (Å²) in [6.07, 6.45) is 3.07. The van der Waals surface area contributed by atoms with Crippen molar-refractivity contribution in [3.63, 3.8) is 0 Å². The Labute approximate surface area is 73.9 Å². The number of rotatable bonds is 1. The molecule has 0 aliphatic rings. The minimum atomic E-state index is -0.491. The van der Waals surface area contributed by atoms with E-state index >= 15 is 0 Å². The molecule has 0 unspecified atom stereocenters. The van der Waals surface area contributed by atoms with Crippen LogP contribution in [0.2, 0.25) is 0 Å². The van der Waals surface area contributed by atoms with Crippen molar-refractivity contribution in [3.8, 4) is 17.1 Å². The molecule has 1 aromatic heterocycles. The van der Waals surface area contributed by atoms with Gasteiger partial charge in [-0.3, -0.25) is 0 Å². The maximum Gasteiger partial charge on any atom is 0.144 e. The predicted octanol–water partition coefficient (Wildman–Crippen LogP) is 1.92. The molecule has 13 heavy (non-hydrogen) atoms. The van der Waals surface area contributed by atoms with Crippen LogP contribution in [0.4, 0.5) is 4.39 Å². The fourth-order valence-electron chi connectivity index (χ4n) is 1.15. The van der Waals surface area contributed by atoms with Crippen molar-refractivity contribution in [3.05, 3.63) is 36.4 Å². The molecule has 66 valence electrons. The molecule has 0 aliphatic heterocycles. The SMILES string of the molecule is Oc1cccc(F)c1-c1ncc[nH]1. The van der Waals surface area contributed by atoms with Gasteiger partial charge in [0, 0.05) is 12.4 Å². The highest BCUT2D eigenvalue weighted by molar-refractivity contribution is 5.64. The van der Waals surface area contributed by atoms with E-state index in [1.54, 1.807) is 6.20 Å². The third-order valence-electron chi connectivity index (χ3n) is 1.73. The summed E-state index contributed by atoms with van der Waals surface area (Å²) < 4.78 is 13.2. The van der Waals surface area contributed by atoms with E-state index in [0.717, 1.165) is 0 Å². The normalized spacial score (nSPS) is 10.2. The van der Waals surface area contributed by atoms with Crippen LogP contribution in [-0.4, -0.2) is 15.1 Å². The number of halogens is 1. The van der Waals surface area contributed by atoms with Crippen molar-refractivity contribution < 1.29 is 9.50 Å². The fraction of sp³-hybridized carbons (Fsp3) is 0. The smallest absolute Gasteiger partial charge is 0.144 e. The van der Waals surface area contributed by atoms with Gasteiger partial charge in [0.25, 0.3) is 0 Å². The van der Waals surface area contributed by atoms with Crippen LogP contribution < -0.4 is 0 Å². The van der Waals surface area contributed by atoms with Crippen LogP contribution in [0.15, 0.2) is 30.6 Å². The predicted molar refractivity (Wildman–Crippen MR) is 45.6 cm³/mol.